The summed E-state index contributed by atoms with van der Waals surface area (Å²) in [6, 6.07) is 9.48. The van der Waals surface area contributed by atoms with Crippen molar-refractivity contribution in [3.8, 4) is 0 Å². The molecule has 2 aromatic rings. The number of aromatic nitrogens is 1. The summed E-state index contributed by atoms with van der Waals surface area (Å²) in [5.41, 5.74) is 1.62. The van der Waals surface area contributed by atoms with Gasteiger partial charge >= 0.3 is 0 Å². The zero-order valence-electron chi connectivity index (χ0n) is 9.56. The maximum atomic E-state index is 12.7. The molecule has 0 aliphatic carbocycles. The molecule has 1 heterocycles. The summed E-state index contributed by atoms with van der Waals surface area (Å²) >= 11 is 0. The van der Waals surface area contributed by atoms with E-state index in [0.717, 1.165) is 5.56 Å². The van der Waals surface area contributed by atoms with Gasteiger partial charge in [-0.1, -0.05) is 0 Å². The minimum absolute atomic E-state index is 0.0272. The van der Waals surface area contributed by atoms with Crippen LogP contribution in [0.15, 0.2) is 48.8 Å². The largest absolute Gasteiger partial charge is 0.287 e. The van der Waals surface area contributed by atoms with Crippen LogP contribution >= 0.6 is 0 Å². The Labute approximate surface area is 99.3 Å². The molecule has 1 aromatic carbocycles. The van der Waals surface area contributed by atoms with Crippen LogP contribution in [0.5, 0.6) is 0 Å². The van der Waals surface area contributed by atoms with Gasteiger partial charge in [0.05, 0.1) is 0 Å². The maximum Gasteiger partial charge on any atom is 0.227 e. The Morgan fingerprint density at radius 2 is 1.94 bits per heavy atom. The van der Waals surface area contributed by atoms with Crippen molar-refractivity contribution >= 4 is 5.78 Å². The van der Waals surface area contributed by atoms with E-state index in [1.807, 2.05) is 36.0 Å². The third-order valence-corrected chi connectivity index (χ3v) is 2.50. The molecule has 86 valence electrons. The van der Waals surface area contributed by atoms with Gasteiger partial charge in [0.15, 0.2) is 12.4 Å². The summed E-state index contributed by atoms with van der Waals surface area (Å²) in [5.74, 6) is -0.356. The van der Waals surface area contributed by atoms with Gasteiger partial charge in [0.25, 0.3) is 0 Å². The lowest BCUT2D eigenvalue weighted by atomic mass is 10.1. The quantitative estimate of drug-likeness (QED) is 0.585. The van der Waals surface area contributed by atoms with Crippen molar-refractivity contribution in [3.05, 3.63) is 65.7 Å². The fraction of sp³-hybridized carbons (Fsp3) is 0.143. The molecule has 17 heavy (non-hydrogen) atoms. The van der Waals surface area contributed by atoms with E-state index in [9.17, 15) is 9.18 Å². The number of rotatable bonds is 3. The van der Waals surface area contributed by atoms with Gasteiger partial charge in [-0.15, -0.1) is 0 Å². The van der Waals surface area contributed by atoms with E-state index in [4.69, 9.17) is 0 Å². The van der Waals surface area contributed by atoms with E-state index < -0.39 is 0 Å². The SMILES string of the molecule is Cc1ccc[n+](CC(=O)c2ccc(F)cc2)c1. The number of halogens is 1. The molecule has 3 heteroatoms. The number of aryl methyl sites for hydroxylation is 1. The Morgan fingerprint density at radius 3 is 2.59 bits per heavy atom. The van der Waals surface area contributed by atoms with Crippen molar-refractivity contribution in [1.82, 2.24) is 0 Å². The first-order valence-corrected chi connectivity index (χ1v) is 5.39. The van der Waals surface area contributed by atoms with Crippen molar-refractivity contribution in [3.63, 3.8) is 0 Å². The molecule has 0 spiro atoms. The Hall–Kier alpha value is -2.03. The molecule has 0 unspecified atom stereocenters. The summed E-state index contributed by atoms with van der Waals surface area (Å²) in [4.78, 5) is 11.9. The molecule has 0 radical (unpaired) electrons. The summed E-state index contributed by atoms with van der Waals surface area (Å²) in [6.45, 7) is 2.24. The third kappa shape index (κ3) is 2.97. The van der Waals surface area contributed by atoms with Gasteiger partial charge in [-0.05, 0) is 37.3 Å². The van der Waals surface area contributed by atoms with Crippen molar-refractivity contribution in [2.24, 2.45) is 0 Å². The van der Waals surface area contributed by atoms with Gasteiger partial charge in [0, 0.05) is 17.2 Å². The normalized spacial score (nSPS) is 10.2. The van der Waals surface area contributed by atoms with Crippen molar-refractivity contribution in [1.29, 1.82) is 0 Å². The Kier molecular flexibility index (Phi) is 3.28. The lowest BCUT2D eigenvalue weighted by molar-refractivity contribution is -0.683. The highest BCUT2D eigenvalue weighted by molar-refractivity contribution is 5.94. The lowest BCUT2D eigenvalue weighted by Crippen LogP contribution is -2.37. The number of carbonyl (C=O) groups is 1. The van der Waals surface area contributed by atoms with Crippen LogP contribution in [0.1, 0.15) is 15.9 Å². The first kappa shape index (κ1) is 11.5. The molecule has 0 atom stereocenters. The predicted octanol–water partition coefficient (Wildman–Crippen LogP) is 2.30. The number of pyridine rings is 1. The van der Waals surface area contributed by atoms with Crippen LogP contribution < -0.4 is 4.57 Å². The third-order valence-electron chi connectivity index (χ3n) is 2.50. The number of hydrogen-bond acceptors (Lipinski definition) is 1. The number of carbonyl (C=O) groups excluding carboxylic acids is 1. The van der Waals surface area contributed by atoms with Crippen molar-refractivity contribution in [2.45, 2.75) is 13.5 Å². The highest BCUT2D eigenvalue weighted by Crippen LogP contribution is 2.03. The number of hydrogen-bond donors (Lipinski definition) is 0. The van der Waals surface area contributed by atoms with Crippen LogP contribution in [0.3, 0.4) is 0 Å². The van der Waals surface area contributed by atoms with Crippen LogP contribution in [-0.4, -0.2) is 5.78 Å². The monoisotopic (exact) mass is 230 g/mol. The fourth-order valence-electron chi connectivity index (χ4n) is 1.64. The van der Waals surface area contributed by atoms with Crippen LogP contribution in [-0.2, 0) is 6.54 Å². The lowest BCUT2D eigenvalue weighted by Gasteiger charge is -1.98. The van der Waals surface area contributed by atoms with Gasteiger partial charge in [0.1, 0.15) is 5.82 Å². The Bertz CT molecular complexity index is 534. The number of nitrogens with zero attached hydrogens (tertiary/aromatic N) is 1. The van der Waals surface area contributed by atoms with Gasteiger partial charge in [-0.3, -0.25) is 4.79 Å². The zero-order valence-corrected chi connectivity index (χ0v) is 9.56. The molecule has 2 nitrogen and oxygen atoms in total. The molecule has 0 aliphatic heterocycles. The molecule has 0 amide bonds. The molecule has 0 bridgehead atoms. The summed E-state index contributed by atoms with van der Waals surface area (Å²) in [7, 11) is 0. The van der Waals surface area contributed by atoms with E-state index in [1.54, 1.807) is 0 Å². The molecule has 1 aromatic heterocycles. The maximum absolute atomic E-state index is 12.7. The van der Waals surface area contributed by atoms with Gasteiger partial charge in [-0.2, -0.15) is 4.57 Å². The molecule has 0 N–H and O–H groups in total. The minimum atomic E-state index is -0.329. The average Bonchev–Trinajstić information content (AvgIpc) is 2.29. The molecular weight excluding hydrogens is 217 g/mol. The van der Waals surface area contributed by atoms with E-state index in [0.29, 0.717) is 5.56 Å². The van der Waals surface area contributed by atoms with E-state index in [-0.39, 0.29) is 18.1 Å². The average molecular weight is 230 g/mol. The van der Waals surface area contributed by atoms with Crippen LogP contribution in [0.4, 0.5) is 4.39 Å². The second-order valence-electron chi connectivity index (χ2n) is 3.98. The topological polar surface area (TPSA) is 20.9 Å². The predicted molar refractivity (Wildman–Crippen MR) is 62.1 cm³/mol. The fourth-order valence-corrected chi connectivity index (χ4v) is 1.64. The van der Waals surface area contributed by atoms with Gasteiger partial charge in [0.2, 0.25) is 12.3 Å². The number of benzene rings is 1. The molecule has 0 saturated heterocycles. The van der Waals surface area contributed by atoms with Crippen LogP contribution in [0, 0.1) is 12.7 Å². The first-order chi connectivity index (χ1) is 8.15. The molecule has 0 fully saturated rings. The van der Waals surface area contributed by atoms with Crippen LogP contribution in [0.25, 0.3) is 0 Å². The highest BCUT2D eigenvalue weighted by Gasteiger charge is 2.11. The zero-order chi connectivity index (χ0) is 12.3. The van der Waals surface area contributed by atoms with E-state index in [1.165, 1.54) is 24.3 Å². The second kappa shape index (κ2) is 4.87. The minimum Gasteiger partial charge on any atom is -0.287 e. The Morgan fingerprint density at radius 1 is 1.24 bits per heavy atom. The molecule has 2 rings (SSSR count). The first-order valence-electron chi connectivity index (χ1n) is 5.39. The van der Waals surface area contributed by atoms with Gasteiger partial charge < -0.3 is 0 Å². The van der Waals surface area contributed by atoms with Crippen LogP contribution in [0.2, 0.25) is 0 Å². The number of ketones is 1. The second-order valence-corrected chi connectivity index (χ2v) is 3.98. The van der Waals surface area contributed by atoms with Crippen molar-refractivity contribution < 1.29 is 13.8 Å². The van der Waals surface area contributed by atoms with Gasteiger partial charge in [-0.25, -0.2) is 4.39 Å². The standard InChI is InChI=1S/C14H13FNO/c1-11-3-2-8-16(9-11)10-14(17)12-4-6-13(15)7-5-12/h2-9H,10H2,1H3/q+1. The molecular formula is C14H13FNO+. The van der Waals surface area contributed by atoms with E-state index >= 15 is 0 Å². The van der Waals surface area contributed by atoms with Crippen molar-refractivity contribution in [2.75, 3.05) is 0 Å². The smallest absolute Gasteiger partial charge is 0.227 e. The summed E-state index contributed by atoms with van der Waals surface area (Å²) in [5, 5.41) is 0. The summed E-state index contributed by atoms with van der Waals surface area (Å²) in [6.07, 6.45) is 3.75. The molecule has 0 aliphatic rings. The Balaban J connectivity index is 2.14. The number of Topliss-reactive ketones (excluding diaryl/α,β-unsaturated/α-hetero) is 1. The summed E-state index contributed by atoms with van der Waals surface area (Å²) < 4.78 is 14.5. The molecule has 0 saturated carbocycles. The van der Waals surface area contributed by atoms with E-state index in [2.05, 4.69) is 0 Å². The highest BCUT2D eigenvalue weighted by atomic mass is 19.1.